The molecular formula is C22H24N4O3. The highest BCUT2D eigenvalue weighted by Gasteiger charge is 2.22. The number of para-hydroxylation sites is 3. The number of methoxy groups -OCH3 is 1. The van der Waals surface area contributed by atoms with Gasteiger partial charge in [0.25, 0.3) is 0 Å². The normalized spacial score (nSPS) is 14.2. The van der Waals surface area contributed by atoms with Crippen molar-refractivity contribution >= 4 is 22.5 Å². The molecule has 2 aromatic carbocycles. The molecule has 1 aliphatic rings. The quantitative estimate of drug-likeness (QED) is 0.666. The van der Waals surface area contributed by atoms with E-state index in [2.05, 4.69) is 10.00 Å². The number of anilines is 1. The van der Waals surface area contributed by atoms with Crippen LogP contribution in [0.1, 0.15) is 6.42 Å². The van der Waals surface area contributed by atoms with E-state index in [1.54, 1.807) is 17.9 Å². The number of amides is 1. The van der Waals surface area contributed by atoms with Gasteiger partial charge in [-0.15, -0.1) is 0 Å². The van der Waals surface area contributed by atoms with Crippen molar-refractivity contribution in [1.82, 2.24) is 14.7 Å². The van der Waals surface area contributed by atoms with Crippen molar-refractivity contribution in [2.24, 2.45) is 0 Å². The molecule has 7 nitrogen and oxygen atoms in total. The molecule has 0 unspecified atom stereocenters. The van der Waals surface area contributed by atoms with Crippen molar-refractivity contribution in [3.05, 3.63) is 65.0 Å². The molecule has 0 aliphatic carbocycles. The van der Waals surface area contributed by atoms with E-state index in [9.17, 15) is 9.59 Å². The first-order valence-corrected chi connectivity index (χ1v) is 9.78. The lowest BCUT2D eigenvalue weighted by atomic mass is 10.2. The number of nitrogens with zero attached hydrogens (tertiary/aromatic N) is 4. The highest BCUT2D eigenvalue weighted by molar-refractivity contribution is 5.79. The third kappa shape index (κ3) is 3.94. The zero-order valence-electron chi connectivity index (χ0n) is 16.5. The van der Waals surface area contributed by atoms with Crippen LogP contribution in [-0.2, 0) is 11.3 Å². The number of carbonyl (C=O) groups excluding carboxylic acids is 1. The number of fused-ring (bicyclic) bond motifs is 1. The van der Waals surface area contributed by atoms with E-state index < -0.39 is 0 Å². The molecule has 4 rings (SSSR count). The Bertz CT molecular complexity index is 1070. The third-order valence-corrected chi connectivity index (χ3v) is 5.36. The van der Waals surface area contributed by atoms with Crippen LogP contribution in [0.3, 0.4) is 0 Å². The Morgan fingerprint density at radius 3 is 2.55 bits per heavy atom. The maximum atomic E-state index is 12.7. The molecule has 3 aromatic rings. The molecule has 1 saturated heterocycles. The number of piperazine rings is 1. The summed E-state index contributed by atoms with van der Waals surface area (Å²) in [5.41, 5.74) is 1.72. The second-order valence-electron chi connectivity index (χ2n) is 7.04. The lowest BCUT2D eigenvalue weighted by Crippen LogP contribution is -2.49. The minimum absolute atomic E-state index is 0.101. The summed E-state index contributed by atoms with van der Waals surface area (Å²) in [7, 11) is 1.67. The summed E-state index contributed by atoms with van der Waals surface area (Å²) in [6.45, 7) is 3.34. The van der Waals surface area contributed by atoms with Crippen LogP contribution in [0.4, 0.5) is 5.69 Å². The average Bonchev–Trinajstić information content (AvgIpc) is 2.79. The number of aryl methyl sites for hydroxylation is 1. The summed E-state index contributed by atoms with van der Waals surface area (Å²) in [5.74, 6) is 0.956. The Morgan fingerprint density at radius 1 is 1.03 bits per heavy atom. The van der Waals surface area contributed by atoms with Crippen LogP contribution in [0.5, 0.6) is 5.75 Å². The summed E-state index contributed by atoms with van der Waals surface area (Å²) < 4.78 is 7.19. The van der Waals surface area contributed by atoms with Crippen molar-refractivity contribution in [2.45, 2.75) is 13.0 Å². The number of benzene rings is 2. The molecular weight excluding hydrogens is 368 g/mol. The maximum Gasteiger partial charge on any atom is 0.224 e. The number of carbonyl (C=O) groups is 1. The highest BCUT2D eigenvalue weighted by Crippen LogP contribution is 2.28. The van der Waals surface area contributed by atoms with Crippen molar-refractivity contribution in [3.63, 3.8) is 0 Å². The Kier molecular flexibility index (Phi) is 5.46. The first kappa shape index (κ1) is 19.0. The second kappa shape index (κ2) is 8.34. The summed E-state index contributed by atoms with van der Waals surface area (Å²) >= 11 is 0. The predicted molar refractivity (Wildman–Crippen MR) is 112 cm³/mol. The van der Waals surface area contributed by atoms with Gasteiger partial charge in [-0.3, -0.25) is 14.3 Å². The summed E-state index contributed by atoms with van der Waals surface area (Å²) in [5, 5.41) is 4.83. The van der Waals surface area contributed by atoms with Crippen LogP contribution in [0, 0.1) is 0 Å². The van der Waals surface area contributed by atoms with E-state index in [4.69, 9.17) is 4.74 Å². The van der Waals surface area contributed by atoms with E-state index in [0.29, 0.717) is 31.4 Å². The molecule has 1 aromatic heterocycles. The topological polar surface area (TPSA) is 67.7 Å². The number of aromatic nitrogens is 2. The van der Waals surface area contributed by atoms with Gasteiger partial charge in [-0.05, 0) is 24.3 Å². The van der Waals surface area contributed by atoms with Gasteiger partial charge in [0.2, 0.25) is 11.3 Å². The van der Waals surface area contributed by atoms with Crippen LogP contribution >= 0.6 is 0 Å². The van der Waals surface area contributed by atoms with Crippen LogP contribution in [0.2, 0.25) is 0 Å². The number of ether oxygens (including phenoxy) is 1. The standard InChI is InChI=1S/C22H24N4O3/c1-29-21-9-5-4-8-19(21)24-12-14-25(15-13-24)22(28)10-11-26-18-7-3-2-6-17(18)20(27)16-23-26/h2-9,16H,10-15H2,1H3. The maximum absolute atomic E-state index is 12.7. The lowest BCUT2D eigenvalue weighted by Gasteiger charge is -2.36. The van der Waals surface area contributed by atoms with Crippen LogP contribution in [0.25, 0.3) is 10.9 Å². The zero-order valence-corrected chi connectivity index (χ0v) is 16.5. The Hall–Kier alpha value is -3.35. The second-order valence-corrected chi connectivity index (χ2v) is 7.04. The first-order chi connectivity index (χ1) is 14.2. The van der Waals surface area contributed by atoms with E-state index in [-0.39, 0.29) is 11.3 Å². The average molecular weight is 392 g/mol. The van der Waals surface area contributed by atoms with Gasteiger partial charge in [0.1, 0.15) is 5.75 Å². The molecule has 2 heterocycles. The molecule has 0 atom stereocenters. The van der Waals surface area contributed by atoms with Gasteiger partial charge in [0, 0.05) is 38.0 Å². The minimum Gasteiger partial charge on any atom is -0.495 e. The molecule has 1 amide bonds. The smallest absolute Gasteiger partial charge is 0.224 e. The Labute approximate surface area is 169 Å². The number of rotatable bonds is 5. The summed E-state index contributed by atoms with van der Waals surface area (Å²) in [4.78, 5) is 28.8. The van der Waals surface area contributed by atoms with Crippen molar-refractivity contribution in [3.8, 4) is 5.75 Å². The summed E-state index contributed by atoms with van der Waals surface area (Å²) in [6, 6.07) is 15.3. The fraction of sp³-hybridized carbons (Fsp3) is 0.318. The molecule has 7 heteroatoms. The van der Waals surface area contributed by atoms with Crippen LogP contribution in [-0.4, -0.2) is 53.9 Å². The lowest BCUT2D eigenvalue weighted by molar-refractivity contribution is -0.131. The van der Waals surface area contributed by atoms with Crippen molar-refractivity contribution in [2.75, 3.05) is 38.2 Å². The molecule has 150 valence electrons. The SMILES string of the molecule is COc1ccccc1N1CCN(C(=O)CCn2ncc(=O)c3ccccc32)CC1. The first-order valence-electron chi connectivity index (χ1n) is 9.78. The summed E-state index contributed by atoms with van der Waals surface area (Å²) in [6.07, 6.45) is 1.67. The van der Waals surface area contributed by atoms with Gasteiger partial charge in [-0.25, -0.2) is 0 Å². The van der Waals surface area contributed by atoms with Gasteiger partial charge >= 0.3 is 0 Å². The van der Waals surface area contributed by atoms with E-state index in [1.807, 2.05) is 47.4 Å². The van der Waals surface area contributed by atoms with Gasteiger partial charge < -0.3 is 14.5 Å². The highest BCUT2D eigenvalue weighted by atomic mass is 16.5. The molecule has 29 heavy (non-hydrogen) atoms. The third-order valence-electron chi connectivity index (χ3n) is 5.36. The monoisotopic (exact) mass is 392 g/mol. The van der Waals surface area contributed by atoms with Crippen molar-refractivity contribution in [1.29, 1.82) is 0 Å². The fourth-order valence-corrected chi connectivity index (χ4v) is 3.79. The fourth-order valence-electron chi connectivity index (χ4n) is 3.79. The van der Waals surface area contributed by atoms with E-state index in [0.717, 1.165) is 30.0 Å². The molecule has 1 aliphatic heterocycles. The van der Waals surface area contributed by atoms with Crippen molar-refractivity contribution < 1.29 is 9.53 Å². The van der Waals surface area contributed by atoms with Gasteiger partial charge in [0.15, 0.2) is 0 Å². The Balaban J connectivity index is 1.37. The molecule has 0 radical (unpaired) electrons. The van der Waals surface area contributed by atoms with E-state index >= 15 is 0 Å². The number of hydrogen-bond acceptors (Lipinski definition) is 5. The minimum atomic E-state index is -0.101. The molecule has 0 saturated carbocycles. The molecule has 0 N–H and O–H groups in total. The van der Waals surface area contributed by atoms with Gasteiger partial charge in [-0.1, -0.05) is 24.3 Å². The predicted octanol–water partition coefficient (Wildman–Crippen LogP) is 2.14. The van der Waals surface area contributed by atoms with E-state index in [1.165, 1.54) is 6.20 Å². The van der Waals surface area contributed by atoms with Gasteiger partial charge in [0.05, 0.1) is 31.1 Å². The van der Waals surface area contributed by atoms with Gasteiger partial charge in [-0.2, -0.15) is 5.10 Å². The Morgan fingerprint density at radius 2 is 1.76 bits per heavy atom. The number of hydrogen-bond donors (Lipinski definition) is 0. The molecule has 0 bridgehead atoms. The molecule has 1 fully saturated rings. The molecule has 0 spiro atoms. The van der Waals surface area contributed by atoms with Crippen LogP contribution < -0.4 is 15.1 Å². The van der Waals surface area contributed by atoms with Crippen LogP contribution in [0.15, 0.2) is 59.5 Å². The zero-order chi connectivity index (χ0) is 20.2. The largest absolute Gasteiger partial charge is 0.495 e.